The van der Waals surface area contributed by atoms with E-state index in [1.165, 1.54) is 28.0 Å². The van der Waals surface area contributed by atoms with Crippen LogP contribution in [0.15, 0.2) is 29.4 Å². The molecule has 192 valence electrons. The minimum Gasteiger partial charge on any atom is -0.494 e. The number of nitrogens with one attached hydrogen (secondary N) is 1. The van der Waals surface area contributed by atoms with E-state index in [0.717, 1.165) is 48.4 Å². The second-order valence-electron chi connectivity index (χ2n) is 8.71. The van der Waals surface area contributed by atoms with Crippen molar-refractivity contribution < 1.29 is 19.1 Å². The number of hydrogen-bond donors (Lipinski definition) is 1. The van der Waals surface area contributed by atoms with Gasteiger partial charge in [-0.1, -0.05) is 11.8 Å². The number of benzene rings is 1. The Hall–Kier alpha value is -2.85. The predicted octanol–water partition coefficient (Wildman–Crippen LogP) is 5.60. The lowest BCUT2D eigenvalue weighted by atomic mass is 9.95. The molecule has 1 amide bonds. The van der Waals surface area contributed by atoms with Gasteiger partial charge in [-0.05, 0) is 83.2 Å². The second kappa shape index (κ2) is 11.9. The lowest BCUT2D eigenvalue weighted by Crippen LogP contribution is -2.19. The minimum absolute atomic E-state index is 0.155. The number of thioether (sulfide) groups is 1. The van der Waals surface area contributed by atoms with E-state index >= 15 is 0 Å². The Morgan fingerprint density at radius 2 is 1.89 bits per heavy atom. The van der Waals surface area contributed by atoms with Crippen LogP contribution in [0.2, 0.25) is 0 Å². The Balaban J connectivity index is 1.46. The molecule has 3 aromatic rings. The summed E-state index contributed by atoms with van der Waals surface area (Å²) in [5.74, 6) is 1.15. The summed E-state index contributed by atoms with van der Waals surface area (Å²) in [5, 5.41) is 12.9. The molecule has 0 atom stereocenters. The lowest BCUT2D eigenvalue weighted by Gasteiger charge is -2.14. The Bertz CT molecular complexity index is 1220. The molecule has 36 heavy (non-hydrogen) atoms. The van der Waals surface area contributed by atoms with Gasteiger partial charge >= 0.3 is 5.97 Å². The zero-order valence-electron chi connectivity index (χ0n) is 21.1. The number of anilines is 1. The second-order valence-corrected chi connectivity index (χ2v) is 10.8. The first kappa shape index (κ1) is 26.2. The van der Waals surface area contributed by atoms with Gasteiger partial charge in [0.1, 0.15) is 10.8 Å². The molecule has 1 aromatic carbocycles. The van der Waals surface area contributed by atoms with E-state index in [-0.39, 0.29) is 23.7 Å². The number of carbonyl (C=O) groups excluding carboxylic acids is 2. The van der Waals surface area contributed by atoms with E-state index in [0.29, 0.717) is 28.9 Å². The number of hydrogen-bond acceptors (Lipinski definition) is 8. The highest BCUT2D eigenvalue weighted by molar-refractivity contribution is 7.99. The normalized spacial score (nSPS) is 12.9. The fourth-order valence-electron chi connectivity index (χ4n) is 4.20. The molecule has 10 heteroatoms. The molecular weight excluding hydrogens is 496 g/mol. The largest absolute Gasteiger partial charge is 0.494 e. The zero-order chi connectivity index (χ0) is 25.7. The van der Waals surface area contributed by atoms with Crippen LogP contribution in [0.25, 0.3) is 11.4 Å². The Morgan fingerprint density at radius 3 is 2.58 bits per heavy atom. The van der Waals surface area contributed by atoms with Gasteiger partial charge in [0.15, 0.2) is 11.0 Å². The molecule has 0 unspecified atom stereocenters. The predicted molar refractivity (Wildman–Crippen MR) is 143 cm³/mol. The molecule has 0 fully saturated rings. The van der Waals surface area contributed by atoms with Crippen LogP contribution in [0.5, 0.6) is 5.75 Å². The average Bonchev–Trinajstić information content (AvgIpc) is 3.43. The van der Waals surface area contributed by atoms with E-state index in [2.05, 4.69) is 15.5 Å². The summed E-state index contributed by atoms with van der Waals surface area (Å²) in [5.41, 5.74) is 2.49. The van der Waals surface area contributed by atoms with E-state index in [4.69, 9.17) is 9.47 Å². The molecule has 2 heterocycles. The Kier molecular flexibility index (Phi) is 8.68. The number of carbonyl (C=O) groups is 2. The van der Waals surface area contributed by atoms with Crippen molar-refractivity contribution in [1.82, 2.24) is 14.8 Å². The number of thiophene rings is 1. The highest BCUT2D eigenvalue weighted by Crippen LogP contribution is 2.39. The first-order chi connectivity index (χ1) is 17.4. The summed E-state index contributed by atoms with van der Waals surface area (Å²) < 4.78 is 13.0. The number of aromatic nitrogens is 3. The van der Waals surface area contributed by atoms with Gasteiger partial charge in [-0.15, -0.1) is 21.5 Å². The number of esters is 1. The van der Waals surface area contributed by atoms with Crippen LogP contribution in [0.3, 0.4) is 0 Å². The molecule has 1 aliphatic rings. The molecule has 0 saturated carbocycles. The molecule has 0 saturated heterocycles. The van der Waals surface area contributed by atoms with Crippen LogP contribution < -0.4 is 10.1 Å². The number of aryl methyl sites for hydroxylation is 1. The van der Waals surface area contributed by atoms with Crippen LogP contribution in [-0.2, 0) is 28.9 Å². The van der Waals surface area contributed by atoms with Crippen molar-refractivity contribution in [3.8, 4) is 17.1 Å². The van der Waals surface area contributed by atoms with Crippen molar-refractivity contribution in [3.05, 3.63) is 40.3 Å². The van der Waals surface area contributed by atoms with Gasteiger partial charge < -0.3 is 19.4 Å². The van der Waals surface area contributed by atoms with Crippen molar-refractivity contribution in [2.24, 2.45) is 0 Å². The van der Waals surface area contributed by atoms with Crippen LogP contribution in [0, 0.1) is 0 Å². The summed E-state index contributed by atoms with van der Waals surface area (Å²) in [4.78, 5) is 26.9. The van der Waals surface area contributed by atoms with Gasteiger partial charge in [0.05, 0.1) is 24.0 Å². The standard InChI is InChI=1S/C26H32N4O4S2/c1-5-30-23(17-11-13-18(14-12-17)33-6-2)28-29-26(30)35-15-21(31)27-24-22(25(32)34-16(3)4)19-9-7-8-10-20(19)36-24/h11-14,16H,5-10,15H2,1-4H3,(H,27,31). The van der Waals surface area contributed by atoms with Gasteiger partial charge in [-0.3, -0.25) is 4.79 Å². The van der Waals surface area contributed by atoms with Gasteiger partial charge in [0.25, 0.3) is 0 Å². The fourth-order valence-corrected chi connectivity index (χ4v) is 6.29. The fraction of sp³-hybridized carbons (Fsp3) is 0.462. The van der Waals surface area contributed by atoms with E-state index in [9.17, 15) is 9.59 Å². The summed E-state index contributed by atoms with van der Waals surface area (Å²) in [7, 11) is 0. The molecule has 0 radical (unpaired) electrons. The molecular formula is C26H32N4O4S2. The van der Waals surface area contributed by atoms with Gasteiger partial charge in [-0.2, -0.15) is 0 Å². The first-order valence-corrected chi connectivity index (χ1v) is 14.2. The van der Waals surface area contributed by atoms with Gasteiger partial charge in [0.2, 0.25) is 5.91 Å². The summed E-state index contributed by atoms with van der Waals surface area (Å²) in [6.45, 7) is 8.92. The van der Waals surface area contributed by atoms with E-state index < -0.39 is 0 Å². The van der Waals surface area contributed by atoms with Gasteiger partial charge in [0, 0.05) is 17.0 Å². The van der Waals surface area contributed by atoms with E-state index in [1.807, 2.05) is 56.5 Å². The van der Waals surface area contributed by atoms with Crippen molar-refractivity contribution in [3.63, 3.8) is 0 Å². The Morgan fingerprint density at radius 1 is 1.14 bits per heavy atom. The third-order valence-electron chi connectivity index (χ3n) is 5.76. The monoisotopic (exact) mass is 528 g/mol. The van der Waals surface area contributed by atoms with Crippen molar-refractivity contribution in [2.75, 3.05) is 17.7 Å². The smallest absolute Gasteiger partial charge is 0.341 e. The average molecular weight is 529 g/mol. The summed E-state index contributed by atoms with van der Waals surface area (Å²) >= 11 is 2.82. The van der Waals surface area contributed by atoms with Crippen molar-refractivity contribution in [2.45, 2.75) is 71.2 Å². The summed E-state index contributed by atoms with van der Waals surface area (Å²) in [6, 6.07) is 7.74. The number of rotatable bonds is 10. The third kappa shape index (κ3) is 5.92. The van der Waals surface area contributed by atoms with E-state index in [1.54, 1.807) is 0 Å². The number of fused-ring (bicyclic) bond motifs is 1. The third-order valence-corrected chi connectivity index (χ3v) is 7.93. The zero-order valence-corrected chi connectivity index (χ0v) is 22.8. The van der Waals surface area contributed by atoms with Gasteiger partial charge in [-0.25, -0.2) is 4.79 Å². The highest BCUT2D eigenvalue weighted by atomic mass is 32.2. The number of nitrogens with zero attached hydrogens (tertiary/aromatic N) is 3. The molecule has 8 nitrogen and oxygen atoms in total. The minimum atomic E-state index is -0.363. The maximum absolute atomic E-state index is 12.9. The lowest BCUT2D eigenvalue weighted by molar-refractivity contribution is -0.113. The molecule has 1 aliphatic carbocycles. The highest BCUT2D eigenvalue weighted by Gasteiger charge is 2.28. The molecule has 0 aliphatic heterocycles. The molecule has 4 rings (SSSR count). The van der Waals surface area contributed by atoms with Crippen LogP contribution in [0.4, 0.5) is 5.00 Å². The van der Waals surface area contributed by atoms with Crippen LogP contribution >= 0.6 is 23.1 Å². The van der Waals surface area contributed by atoms with Crippen molar-refractivity contribution >= 4 is 40.0 Å². The number of amides is 1. The maximum Gasteiger partial charge on any atom is 0.341 e. The summed E-state index contributed by atoms with van der Waals surface area (Å²) in [6.07, 6.45) is 3.69. The SMILES string of the molecule is CCOc1ccc(-c2nnc(SCC(=O)Nc3sc4c(c3C(=O)OC(C)C)CCCC4)n2CC)cc1. The Labute approximate surface area is 219 Å². The van der Waals surface area contributed by atoms with Crippen LogP contribution in [0.1, 0.15) is 61.3 Å². The topological polar surface area (TPSA) is 95.3 Å². The first-order valence-electron chi connectivity index (χ1n) is 12.4. The number of ether oxygens (including phenoxy) is 2. The molecule has 0 spiro atoms. The maximum atomic E-state index is 12.9. The molecule has 1 N–H and O–H groups in total. The quantitative estimate of drug-likeness (QED) is 0.270. The molecule has 2 aromatic heterocycles. The van der Waals surface area contributed by atoms with Crippen molar-refractivity contribution in [1.29, 1.82) is 0 Å². The molecule has 0 bridgehead atoms. The van der Waals surface area contributed by atoms with Crippen LogP contribution in [-0.4, -0.2) is 45.1 Å².